The van der Waals surface area contributed by atoms with Gasteiger partial charge in [0.25, 0.3) is 17.7 Å². The smallest absolute Gasteiger partial charge is 0.258 e. The van der Waals surface area contributed by atoms with Gasteiger partial charge in [-0.3, -0.25) is 42.3 Å². The Morgan fingerprint density at radius 1 is 0.451 bits per heavy atom. The van der Waals surface area contributed by atoms with Gasteiger partial charge < -0.3 is 39.2 Å². The van der Waals surface area contributed by atoms with E-state index in [0.717, 1.165) is 99.0 Å². The van der Waals surface area contributed by atoms with Crippen molar-refractivity contribution in [3.05, 3.63) is 253 Å². The summed E-state index contributed by atoms with van der Waals surface area (Å²) in [5, 5.41) is 15.4. The van der Waals surface area contributed by atoms with Crippen molar-refractivity contribution in [2.75, 3.05) is 80.1 Å². The van der Waals surface area contributed by atoms with Crippen LogP contribution in [0.2, 0.25) is 0 Å². The molecule has 3 amide bonds. The summed E-state index contributed by atoms with van der Waals surface area (Å²) in [6.45, 7) is 2.24. The van der Waals surface area contributed by atoms with Crippen molar-refractivity contribution in [2.24, 2.45) is 11.8 Å². The van der Waals surface area contributed by atoms with Crippen molar-refractivity contribution in [1.29, 1.82) is 0 Å². The number of carbonyl (C=O) groups excluding carboxylic acids is 3. The molecule has 113 heavy (non-hydrogen) atoms. The number of sulfonamides is 3. The van der Waals surface area contributed by atoms with Crippen LogP contribution in [-0.2, 0) is 82.2 Å². The minimum atomic E-state index is -3.68. The standard InChI is InChI=1S/C32H32FN3O5S.C28H26FN3O5S.C24H24FN3O4S/c1-35(42(3,38)39)30-26-15-23(14-20-6-10-24(33)11-7-20)16-34-29(26)31(41-19-22-8-12-25(40-2)13-9-22)28-27(30)18-36(32(28)37)17-21-4-5-21;1-32(38(3,34)35)26-22-13-19(12-17-4-8-20(29)9-5-17)14-30-25(22)27(24-23(26)15-31-28(24)33)37-16-18-6-10-21(36-2)11-7-18;1-27(33(2,31)32)22-18-10-16(9-14-5-7-17(25)8-6-14)11-26-21(18)23(29)20-19(22)13-28(24(20)30)12-15-3-4-15/h6-13,15-16,21H,4-5,14,17-19H2,1-3H3;4-11,13-14H,12,15-16H2,1-3H3,(H,31,33);5-8,10-11,15,29H,3-4,9,12-13H2,1-2H3. The van der Waals surface area contributed by atoms with Crippen LogP contribution in [0.4, 0.5) is 30.2 Å². The summed E-state index contributed by atoms with van der Waals surface area (Å²) >= 11 is 0. The van der Waals surface area contributed by atoms with E-state index in [0.29, 0.717) is 128 Å². The second kappa shape index (κ2) is 31.5. The number of ether oxygens (including phenoxy) is 4. The van der Waals surface area contributed by atoms with Gasteiger partial charge in [0.15, 0.2) is 17.2 Å². The molecular weight excluding hydrogens is 1510 g/mol. The Kier molecular flexibility index (Phi) is 21.8. The Morgan fingerprint density at radius 3 is 1.14 bits per heavy atom. The normalized spacial score (nSPS) is 14.4. The first kappa shape index (κ1) is 78.1. The zero-order valence-electron chi connectivity index (χ0n) is 63.3. The SMILES string of the molecule is CN(c1c2c(c(O)c3ncc(Cc4ccc(F)cc4)cc13)C(=O)N(CC1CC1)C2)S(C)(=O)=O.COc1ccc(COc2c3c(c(N(C)S(C)(=O)=O)c4cc(Cc5ccc(F)cc5)cnc24)CN(CC2CC2)C3=O)cc1.COc1ccc(COc2c3c(c(N(C)S(C)(=O)=O)c4cc(Cc5ccc(F)cc5)cnc24)CNC3=O)cc1. The second-order valence-electron chi connectivity index (χ2n) is 29.1. The van der Waals surface area contributed by atoms with Crippen LogP contribution in [0.3, 0.4) is 0 Å². The van der Waals surface area contributed by atoms with Crippen LogP contribution < -0.4 is 37.2 Å². The molecule has 29 heteroatoms. The predicted molar refractivity (Wildman–Crippen MR) is 425 cm³/mol. The topological polar surface area (TPSA) is 278 Å². The highest BCUT2D eigenvalue weighted by Gasteiger charge is 2.42. The van der Waals surface area contributed by atoms with Crippen molar-refractivity contribution in [1.82, 2.24) is 30.1 Å². The van der Waals surface area contributed by atoms with Gasteiger partial charge in [0.1, 0.15) is 58.7 Å². The zero-order chi connectivity index (χ0) is 80.1. The van der Waals surface area contributed by atoms with Gasteiger partial charge in [-0.05, 0) is 180 Å². The first-order chi connectivity index (χ1) is 53.9. The van der Waals surface area contributed by atoms with Gasteiger partial charge in [-0.15, -0.1) is 0 Å². The third-order valence-electron chi connectivity index (χ3n) is 20.9. The number of carbonyl (C=O) groups is 3. The fourth-order valence-electron chi connectivity index (χ4n) is 14.4. The quantitative estimate of drug-likeness (QED) is 0.0569. The van der Waals surface area contributed by atoms with Gasteiger partial charge in [-0.1, -0.05) is 60.7 Å². The van der Waals surface area contributed by atoms with Gasteiger partial charge in [-0.2, -0.15) is 0 Å². The number of fused-ring (bicyclic) bond motifs is 6. The summed E-state index contributed by atoms with van der Waals surface area (Å²) in [7, 11) is -3.41. The highest BCUT2D eigenvalue weighted by atomic mass is 32.2. The molecule has 6 heterocycles. The summed E-state index contributed by atoms with van der Waals surface area (Å²) in [5.41, 5.74) is 11.3. The molecule has 2 aliphatic carbocycles. The molecule has 3 aliphatic heterocycles. The van der Waals surface area contributed by atoms with Crippen LogP contribution >= 0.6 is 0 Å². The van der Waals surface area contributed by atoms with Crippen molar-refractivity contribution in [2.45, 2.75) is 77.8 Å². The number of hydrogen-bond donors (Lipinski definition) is 2. The average Bonchev–Trinajstić information content (AvgIpc) is 1.68. The Hall–Kier alpha value is -11.6. The van der Waals surface area contributed by atoms with Crippen molar-refractivity contribution in [3.63, 3.8) is 0 Å². The summed E-state index contributed by atoms with van der Waals surface area (Å²) in [6.07, 6.45) is 14.0. The molecule has 0 unspecified atom stereocenters. The Balaban J connectivity index is 0.000000141. The van der Waals surface area contributed by atoms with Gasteiger partial charge in [0.05, 0.1) is 66.7 Å². The van der Waals surface area contributed by atoms with Crippen LogP contribution in [0.25, 0.3) is 32.7 Å². The number of pyridine rings is 3. The number of rotatable bonds is 24. The minimum absolute atomic E-state index is 0.132. The summed E-state index contributed by atoms with van der Waals surface area (Å²) in [4.78, 5) is 57.3. The van der Waals surface area contributed by atoms with Crippen LogP contribution in [0.1, 0.15) is 118 Å². The first-order valence-corrected chi connectivity index (χ1v) is 42.0. The number of amides is 3. The number of methoxy groups -OCH3 is 2. The largest absolute Gasteiger partial charge is 0.505 e. The zero-order valence-corrected chi connectivity index (χ0v) is 65.7. The van der Waals surface area contributed by atoms with E-state index in [1.54, 1.807) is 85.1 Å². The van der Waals surface area contributed by atoms with Crippen LogP contribution in [0, 0.1) is 29.3 Å². The molecular formula is C84H82F3N9O14S3. The first-order valence-electron chi connectivity index (χ1n) is 36.5. The number of benzene rings is 8. The van der Waals surface area contributed by atoms with Crippen molar-refractivity contribution < 1.29 is 76.9 Å². The molecule has 23 nitrogen and oxygen atoms in total. The molecule has 0 spiro atoms. The number of aromatic hydroxyl groups is 1. The second-order valence-corrected chi connectivity index (χ2v) is 35.2. The van der Waals surface area contributed by atoms with E-state index < -0.39 is 30.1 Å². The number of hydrogen-bond acceptors (Lipinski definition) is 17. The number of halogens is 3. The Labute approximate surface area is 652 Å². The van der Waals surface area contributed by atoms with Crippen LogP contribution in [-0.4, -0.2) is 140 Å². The maximum Gasteiger partial charge on any atom is 0.258 e. The molecule has 0 atom stereocenters. The third-order valence-corrected chi connectivity index (χ3v) is 24.4. The molecule has 8 aromatic carbocycles. The third kappa shape index (κ3) is 16.8. The highest BCUT2D eigenvalue weighted by molar-refractivity contribution is 7.92. The minimum Gasteiger partial charge on any atom is -0.505 e. The molecule has 0 bridgehead atoms. The monoisotopic (exact) mass is 1590 g/mol. The molecule has 0 radical (unpaired) electrons. The molecule has 2 N–H and O–H groups in total. The number of nitrogens with one attached hydrogen (secondary N) is 1. The maximum absolute atomic E-state index is 13.9. The summed E-state index contributed by atoms with van der Waals surface area (Å²) in [6, 6.07) is 38.9. The lowest BCUT2D eigenvalue weighted by molar-refractivity contribution is 0.0761. The average molecular weight is 1590 g/mol. The number of aromatic nitrogens is 3. The number of phenolic OH excluding ortho intramolecular Hbond substituents is 1. The van der Waals surface area contributed by atoms with Crippen LogP contribution in [0.5, 0.6) is 28.7 Å². The van der Waals surface area contributed by atoms with E-state index in [1.165, 1.54) is 66.2 Å². The van der Waals surface area contributed by atoms with Gasteiger partial charge >= 0.3 is 0 Å². The van der Waals surface area contributed by atoms with Gasteiger partial charge in [0.2, 0.25) is 30.1 Å². The fourth-order valence-corrected chi connectivity index (χ4v) is 16.1. The molecule has 0 saturated heterocycles. The Morgan fingerprint density at radius 2 is 0.779 bits per heavy atom. The van der Waals surface area contributed by atoms with E-state index in [2.05, 4.69) is 15.3 Å². The molecule has 2 saturated carbocycles. The van der Waals surface area contributed by atoms with Gasteiger partial charge in [0, 0.05) is 105 Å². The van der Waals surface area contributed by atoms with E-state index in [-0.39, 0.29) is 90.4 Å². The summed E-state index contributed by atoms with van der Waals surface area (Å²) < 4.78 is 143. The lowest BCUT2D eigenvalue weighted by atomic mass is 9.98. The van der Waals surface area contributed by atoms with Crippen molar-refractivity contribution in [3.8, 4) is 28.7 Å². The predicted octanol–water partition coefficient (Wildman–Crippen LogP) is 12.9. The maximum atomic E-state index is 13.9. The lowest BCUT2D eigenvalue weighted by Gasteiger charge is -2.24. The van der Waals surface area contributed by atoms with Gasteiger partial charge in [-0.25, -0.2) is 38.4 Å². The molecule has 11 aromatic rings. The van der Waals surface area contributed by atoms with E-state index in [1.807, 2.05) is 60.7 Å². The highest BCUT2D eigenvalue weighted by Crippen LogP contribution is 2.50. The molecule has 2 fully saturated rings. The number of phenols is 1. The summed E-state index contributed by atoms with van der Waals surface area (Å²) in [5.74, 6) is 0.966. The molecule has 5 aliphatic rings. The molecule has 3 aromatic heterocycles. The van der Waals surface area contributed by atoms with E-state index in [4.69, 9.17) is 23.9 Å². The fraction of sp³-hybridized carbons (Fsp3) is 0.286. The lowest BCUT2D eigenvalue weighted by Crippen LogP contribution is -2.27. The van der Waals surface area contributed by atoms with Crippen molar-refractivity contribution >= 4 is 97.6 Å². The molecule has 586 valence electrons. The van der Waals surface area contributed by atoms with E-state index >= 15 is 0 Å². The van der Waals surface area contributed by atoms with Crippen LogP contribution in [0.15, 0.2) is 158 Å². The van der Waals surface area contributed by atoms with E-state index in [9.17, 15) is 57.9 Å². The Bertz CT molecular complexity index is 5940. The number of nitrogens with zero attached hydrogens (tertiary/aromatic N) is 8. The number of anilines is 3. The molecule has 16 rings (SSSR count).